The van der Waals surface area contributed by atoms with Gasteiger partial charge in [-0.3, -0.25) is 10.1 Å². The van der Waals surface area contributed by atoms with Crippen LogP contribution < -0.4 is 14.9 Å². The average Bonchev–Trinajstić information content (AvgIpc) is 3.09. The van der Waals surface area contributed by atoms with E-state index in [2.05, 4.69) is 30.1 Å². The fourth-order valence-electron chi connectivity index (χ4n) is 3.03. The number of rotatable bonds is 5. The molecule has 158 valence electrons. The fourth-order valence-corrected chi connectivity index (χ4v) is 4.98. The number of nitrogens with zero attached hydrogens (tertiary/aromatic N) is 3. The molecule has 29 heavy (non-hydrogen) atoms. The van der Waals surface area contributed by atoms with E-state index in [0.717, 1.165) is 25.9 Å². The SMILES string of the molecule is CC(C)(C)NS(=O)(=O)c1cc(C(=O)Nc2nc(N3CCCCC3)n[nH]2)ccc1Cl. The number of hydrogen-bond donors (Lipinski definition) is 3. The molecule has 0 unspecified atom stereocenters. The van der Waals surface area contributed by atoms with E-state index in [9.17, 15) is 13.2 Å². The average molecular weight is 441 g/mol. The number of amides is 1. The van der Waals surface area contributed by atoms with E-state index in [0.29, 0.717) is 5.95 Å². The van der Waals surface area contributed by atoms with Crippen molar-refractivity contribution in [3.8, 4) is 0 Å². The Labute approximate surface area is 175 Å². The number of piperidine rings is 1. The van der Waals surface area contributed by atoms with E-state index in [4.69, 9.17) is 11.6 Å². The molecule has 1 fully saturated rings. The second-order valence-corrected chi connectivity index (χ2v) is 10.0. The molecular weight excluding hydrogens is 416 g/mol. The molecule has 0 saturated carbocycles. The highest BCUT2D eigenvalue weighted by molar-refractivity contribution is 7.89. The maximum atomic E-state index is 12.6. The molecule has 0 spiro atoms. The van der Waals surface area contributed by atoms with E-state index in [1.807, 2.05) is 0 Å². The Balaban J connectivity index is 1.77. The lowest BCUT2D eigenvalue weighted by Crippen LogP contribution is -2.40. The van der Waals surface area contributed by atoms with Crippen molar-refractivity contribution in [3.05, 3.63) is 28.8 Å². The van der Waals surface area contributed by atoms with Crippen molar-refractivity contribution >= 4 is 39.4 Å². The lowest BCUT2D eigenvalue weighted by molar-refractivity contribution is 0.102. The van der Waals surface area contributed by atoms with Crippen LogP contribution in [-0.2, 0) is 10.0 Å². The summed E-state index contributed by atoms with van der Waals surface area (Å²) in [4.78, 5) is 18.8. The van der Waals surface area contributed by atoms with Crippen molar-refractivity contribution < 1.29 is 13.2 Å². The molecule has 0 bridgehead atoms. The number of H-pyrrole nitrogens is 1. The van der Waals surface area contributed by atoms with Crippen molar-refractivity contribution in [1.29, 1.82) is 0 Å². The molecule has 11 heteroatoms. The molecule has 1 aliphatic heterocycles. The number of nitrogens with one attached hydrogen (secondary N) is 3. The van der Waals surface area contributed by atoms with Crippen LogP contribution in [0.4, 0.5) is 11.9 Å². The summed E-state index contributed by atoms with van der Waals surface area (Å²) < 4.78 is 27.8. The number of benzene rings is 1. The van der Waals surface area contributed by atoms with Gasteiger partial charge in [-0.1, -0.05) is 11.6 Å². The molecule has 9 nitrogen and oxygen atoms in total. The lowest BCUT2D eigenvalue weighted by atomic mass is 10.1. The molecule has 0 aliphatic carbocycles. The minimum absolute atomic E-state index is 0.0327. The van der Waals surface area contributed by atoms with Gasteiger partial charge in [0.2, 0.25) is 21.9 Å². The third-order valence-corrected chi connectivity index (χ3v) is 6.51. The first-order valence-electron chi connectivity index (χ1n) is 9.37. The van der Waals surface area contributed by atoms with Gasteiger partial charge in [0, 0.05) is 24.2 Å². The van der Waals surface area contributed by atoms with Gasteiger partial charge >= 0.3 is 0 Å². The number of carbonyl (C=O) groups is 1. The largest absolute Gasteiger partial charge is 0.340 e. The molecule has 3 N–H and O–H groups in total. The number of halogens is 1. The van der Waals surface area contributed by atoms with E-state index < -0.39 is 21.5 Å². The lowest BCUT2D eigenvalue weighted by Gasteiger charge is -2.24. The number of carbonyl (C=O) groups excluding carboxylic acids is 1. The minimum atomic E-state index is -3.89. The zero-order valence-corrected chi connectivity index (χ0v) is 18.2. The molecule has 1 aromatic heterocycles. The van der Waals surface area contributed by atoms with Crippen LogP contribution in [-0.4, -0.2) is 48.1 Å². The Kier molecular flexibility index (Phi) is 6.16. The molecule has 0 radical (unpaired) electrons. The van der Waals surface area contributed by atoms with E-state index in [1.165, 1.54) is 24.6 Å². The highest BCUT2D eigenvalue weighted by atomic mass is 35.5. The van der Waals surface area contributed by atoms with Crippen molar-refractivity contribution in [2.75, 3.05) is 23.3 Å². The molecule has 1 aliphatic rings. The monoisotopic (exact) mass is 440 g/mol. The van der Waals surface area contributed by atoms with E-state index >= 15 is 0 Å². The molecule has 0 atom stereocenters. The van der Waals surface area contributed by atoms with Gasteiger partial charge in [0.15, 0.2) is 0 Å². The molecule has 1 aromatic carbocycles. The minimum Gasteiger partial charge on any atom is -0.340 e. The van der Waals surface area contributed by atoms with Crippen LogP contribution in [0.1, 0.15) is 50.4 Å². The zero-order chi connectivity index (χ0) is 21.2. The summed E-state index contributed by atoms with van der Waals surface area (Å²) in [5.74, 6) is 0.215. The molecule has 1 amide bonds. The second kappa shape index (κ2) is 8.29. The molecule has 1 saturated heterocycles. The number of sulfonamides is 1. The summed E-state index contributed by atoms with van der Waals surface area (Å²) in [7, 11) is -3.89. The third kappa shape index (κ3) is 5.46. The van der Waals surface area contributed by atoms with Gasteiger partial charge < -0.3 is 4.90 Å². The van der Waals surface area contributed by atoms with Gasteiger partial charge in [-0.25, -0.2) is 18.2 Å². The summed E-state index contributed by atoms with van der Waals surface area (Å²) >= 11 is 6.08. The van der Waals surface area contributed by atoms with Crippen LogP contribution >= 0.6 is 11.6 Å². The van der Waals surface area contributed by atoms with Crippen LogP contribution in [0.5, 0.6) is 0 Å². The predicted molar refractivity (Wildman–Crippen MR) is 112 cm³/mol. The van der Waals surface area contributed by atoms with Crippen molar-refractivity contribution in [2.45, 2.75) is 50.5 Å². The van der Waals surface area contributed by atoms with Gasteiger partial charge in [-0.2, -0.15) is 4.98 Å². The Morgan fingerprint density at radius 1 is 1.21 bits per heavy atom. The van der Waals surface area contributed by atoms with Crippen molar-refractivity contribution in [1.82, 2.24) is 19.9 Å². The Morgan fingerprint density at radius 3 is 2.55 bits per heavy atom. The van der Waals surface area contributed by atoms with Crippen LogP contribution in [0.25, 0.3) is 0 Å². The first kappa shape index (κ1) is 21.5. The van der Waals surface area contributed by atoms with Gasteiger partial charge in [0.05, 0.1) is 5.02 Å². The first-order chi connectivity index (χ1) is 13.5. The standard InChI is InChI=1S/C18H25ClN6O3S/c1-18(2,3)24-29(27,28)14-11-12(7-8-13(14)19)15(26)20-16-21-17(23-22-16)25-9-5-4-6-10-25/h7-8,11,24H,4-6,9-10H2,1-3H3,(H2,20,21,22,23,26). The number of hydrogen-bond acceptors (Lipinski definition) is 6. The van der Waals surface area contributed by atoms with Crippen LogP contribution in [0.3, 0.4) is 0 Å². The van der Waals surface area contributed by atoms with Crippen molar-refractivity contribution in [2.24, 2.45) is 0 Å². The highest BCUT2D eigenvalue weighted by Crippen LogP contribution is 2.24. The van der Waals surface area contributed by atoms with Gasteiger partial charge in [-0.15, -0.1) is 5.10 Å². The van der Waals surface area contributed by atoms with Crippen LogP contribution in [0.2, 0.25) is 5.02 Å². The normalized spacial score (nSPS) is 15.4. The van der Waals surface area contributed by atoms with Gasteiger partial charge in [0.1, 0.15) is 4.90 Å². The fraction of sp³-hybridized carbons (Fsp3) is 0.500. The van der Waals surface area contributed by atoms with Crippen LogP contribution in [0.15, 0.2) is 23.1 Å². The smallest absolute Gasteiger partial charge is 0.258 e. The van der Waals surface area contributed by atoms with Crippen LogP contribution in [0, 0.1) is 0 Å². The quantitative estimate of drug-likeness (QED) is 0.657. The van der Waals surface area contributed by atoms with E-state index in [1.54, 1.807) is 20.8 Å². The molecule has 2 aromatic rings. The second-order valence-electron chi connectivity index (χ2n) is 7.99. The topological polar surface area (TPSA) is 120 Å². The number of aromatic nitrogens is 3. The summed E-state index contributed by atoms with van der Waals surface area (Å²) in [6, 6.07) is 4.08. The zero-order valence-electron chi connectivity index (χ0n) is 16.6. The summed E-state index contributed by atoms with van der Waals surface area (Å²) in [6.45, 7) is 6.92. The van der Waals surface area contributed by atoms with Gasteiger partial charge in [-0.05, 0) is 58.2 Å². The van der Waals surface area contributed by atoms with Crippen molar-refractivity contribution in [3.63, 3.8) is 0 Å². The molecule has 3 rings (SSSR count). The molecule has 2 heterocycles. The Hall–Kier alpha value is -2.17. The first-order valence-corrected chi connectivity index (χ1v) is 11.2. The molecular formula is C18H25ClN6O3S. The summed E-state index contributed by atoms with van der Waals surface area (Å²) in [5.41, 5.74) is -0.551. The summed E-state index contributed by atoms with van der Waals surface area (Å²) in [5, 5.41) is 9.49. The maximum absolute atomic E-state index is 12.6. The van der Waals surface area contributed by atoms with E-state index in [-0.39, 0.29) is 21.4 Å². The summed E-state index contributed by atoms with van der Waals surface area (Å²) in [6.07, 6.45) is 3.36. The Bertz CT molecular complexity index is 993. The predicted octanol–water partition coefficient (Wildman–Crippen LogP) is 2.78. The van der Waals surface area contributed by atoms with Gasteiger partial charge in [0.25, 0.3) is 5.91 Å². The third-order valence-electron chi connectivity index (χ3n) is 4.27. The number of anilines is 2. The highest BCUT2D eigenvalue weighted by Gasteiger charge is 2.25. The Morgan fingerprint density at radius 2 is 1.90 bits per heavy atom. The maximum Gasteiger partial charge on any atom is 0.258 e. The number of aromatic amines is 1.